The molecule has 3 rings (SSSR count). The fourth-order valence-electron chi connectivity index (χ4n) is 2.13. The van der Waals surface area contributed by atoms with Crippen LogP contribution in [0.4, 0.5) is 0 Å². The molecule has 1 unspecified atom stereocenters. The Morgan fingerprint density at radius 2 is 2.31 bits per heavy atom. The van der Waals surface area contributed by atoms with Crippen molar-refractivity contribution < 1.29 is 0 Å². The highest BCUT2D eigenvalue weighted by atomic mass is 35.5. The van der Waals surface area contributed by atoms with Gasteiger partial charge in [-0.25, -0.2) is 4.98 Å². The zero-order valence-electron chi connectivity index (χ0n) is 8.87. The van der Waals surface area contributed by atoms with E-state index < -0.39 is 0 Å². The van der Waals surface area contributed by atoms with E-state index >= 15 is 0 Å². The molecule has 84 valence electrons. The van der Waals surface area contributed by atoms with Crippen LogP contribution in [0.2, 0.25) is 5.02 Å². The minimum atomic E-state index is 0.449. The number of hydrogen-bond acceptors (Lipinski definition) is 3. The SMILES string of the molecule is Clc1ccc2sc(C3CCCCN3)nc2c1. The van der Waals surface area contributed by atoms with Crippen LogP contribution >= 0.6 is 22.9 Å². The average Bonchev–Trinajstić information content (AvgIpc) is 2.73. The van der Waals surface area contributed by atoms with Gasteiger partial charge in [0, 0.05) is 5.02 Å². The van der Waals surface area contributed by atoms with Crippen molar-refractivity contribution in [2.24, 2.45) is 0 Å². The maximum Gasteiger partial charge on any atom is 0.111 e. The summed E-state index contributed by atoms with van der Waals surface area (Å²) in [7, 11) is 0. The standard InChI is InChI=1S/C12H13ClN2S/c13-8-4-5-11-10(7-8)15-12(16-11)9-3-1-2-6-14-9/h4-5,7,9,14H,1-3,6H2. The second-order valence-electron chi connectivity index (χ2n) is 4.17. The van der Waals surface area contributed by atoms with Crippen molar-refractivity contribution in [1.29, 1.82) is 0 Å². The van der Waals surface area contributed by atoms with E-state index in [0.717, 1.165) is 17.1 Å². The zero-order chi connectivity index (χ0) is 11.0. The van der Waals surface area contributed by atoms with Crippen LogP contribution in [-0.2, 0) is 0 Å². The van der Waals surface area contributed by atoms with E-state index in [-0.39, 0.29) is 0 Å². The molecule has 0 amide bonds. The number of halogens is 1. The Morgan fingerprint density at radius 1 is 1.38 bits per heavy atom. The maximum absolute atomic E-state index is 5.96. The van der Waals surface area contributed by atoms with Gasteiger partial charge < -0.3 is 5.32 Å². The molecule has 2 nitrogen and oxygen atoms in total. The molecule has 0 spiro atoms. The lowest BCUT2D eigenvalue weighted by Crippen LogP contribution is -2.26. The highest BCUT2D eigenvalue weighted by molar-refractivity contribution is 7.18. The van der Waals surface area contributed by atoms with Gasteiger partial charge >= 0.3 is 0 Å². The summed E-state index contributed by atoms with van der Waals surface area (Å²) in [4.78, 5) is 4.67. The first-order chi connectivity index (χ1) is 7.83. The van der Waals surface area contributed by atoms with Gasteiger partial charge in [0.05, 0.1) is 16.3 Å². The average molecular weight is 253 g/mol. The summed E-state index contributed by atoms with van der Waals surface area (Å²) in [6.07, 6.45) is 3.79. The Labute approximate surface area is 104 Å². The number of benzene rings is 1. The van der Waals surface area contributed by atoms with Crippen molar-refractivity contribution in [3.63, 3.8) is 0 Å². The number of aromatic nitrogens is 1. The van der Waals surface area contributed by atoms with Gasteiger partial charge in [-0.15, -0.1) is 11.3 Å². The first-order valence-electron chi connectivity index (χ1n) is 5.62. The minimum absolute atomic E-state index is 0.449. The number of fused-ring (bicyclic) bond motifs is 1. The number of rotatable bonds is 1. The van der Waals surface area contributed by atoms with Crippen LogP contribution in [0.25, 0.3) is 10.2 Å². The van der Waals surface area contributed by atoms with Gasteiger partial charge in [0.15, 0.2) is 0 Å². The molecule has 1 aromatic carbocycles. The molecule has 0 aliphatic carbocycles. The van der Waals surface area contributed by atoms with Crippen LogP contribution in [0.15, 0.2) is 18.2 Å². The van der Waals surface area contributed by atoms with E-state index in [4.69, 9.17) is 11.6 Å². The summed E-state index contributed by atoms with van der Waals surface area (Å²) in [5.41, 5.74) is 1.03. The minimum Gasteiger partial charge on any atom is -0.308 e. The molecular formula is C12H13ClN2S. The summed E-state index contributed by atoms with van der Waals surface area (Å²) in [6.45, 7) is 1.11. The van der Waals surface area contributed by atoms with Crippen molar-refractivity contribution >= 4 is 33.2 Å². The van der Waals surface area contributed by atoms with E-state index in [1.54, 1.807) is 11.3 Å². The van der Waals surface area contributed by atoms with Crippen molar-refractivity contribution in [3.8, 4) is 0 Å². The third-order valence-corrected chi connectivity index (χ3v) is 4.36. The Hall–Kier alpha value is -0.640. The van der Waals surface area contributed by atoms with E-state index in [9.17, 15) is 0 Å². The van der Waals surface area contributed by atoms with Gasteiger partial charge in [0.1, 0.15) is 5.01 Å². The molecule has 1 aromatic heterocycles. The van der Waals surface area contributed by atoms with Crippen molar-refractivity contribution in [2.75, 3.05) is 6.54 Å². The summed E-state index contributed by atoms with van der Waals surface area (Å²) in [6, 6.07) is 6.38. The molecule has 0 bridgehead atoms. The molecule has 2 heterocycles. The Morgan fingerprint density at radius 3 is 3.12 bits per heavy atom. The van der Waals surface area contributed by atoms with Gasteiger partial charge in [-0.2, -0.15) is 0 Å². The van der Waals surface area contributed by atoms with Gasteiger partial charge in [0.2, 0.25) is 0 Å². The molecule has 16 heavy (non-hydrogen) atoms. The molecule has 1 aliphatic rings. The van der Waals surface area contributed by atoms with Crippen LogP contribution in [0.5, 0.6) is 0 Å². The number of hydrogen-bond donors (Lipinski definition) is 1. The molecule has 0 saturated carbocycles. The Balaban J connectivity index is 1.97. The summed E-state index contributed by atoms with van der Waals surface area (Å²) >= 11 is 7.74. The second kappa shape index (κ2) is 4.32. The smallest absolute Gasteiger partial charge is 0.111 e. The molecule has 0 radical (unpaired) electrons. The predicted molar refractivity (Wildman–Crippen MR) is 69.2 cm³/mol. The van der Waals surface area contributed by atoms with Gasteiger partial charge in [-0.3, -0.25) is 0 Å². The lowest BCUT2D eigenvalue weighted by molar-refractivity contribution is 0.411. The molecule has 1 fully saturated rings. The number of nitrogens with zero attached hydrogens (tertiary/aromatic N) is 1. The molecule has 1 saturated heterocycles. The second-order valence-corrected chi connectivity index (χ2v) is 5.67. The Kier molecular flexibility index (Phi) is 2.84. The monoisotopic (exact) mass is 252 g/mol. The van der Waals surface area contributed by atoms with Gasteiger partial charge in [-0.05, 0) is 37.6 Å². The predicted octanol–water partition coefficient (Wildman–Crippen LogP) is 3.76. The first-order valence-corrected chi connectivity index (χ1v) is 6.82. The maximum atomic E-state index is 5.96. The van der Waals surface area contributed by atoms with Crippen molar-refractivity contribution in [2.45, 2.75) is 25.3 Å². The highest BCUT2D eigenvalue weighted by Gasteiger charge is 2.18. The van der Waals surface area contributed by atoms with Crippen LogP contribution in [0.1, 0.15) is 30.3 Å². The third kappa shape index (κ3) is 1.95. The Bertz CT molecular complexity index is 503. The van der Waals surface area contributed by atoms with Crippen molar-refractivity contribution in [3.05, 3.63) is 28.2 Å². The third-order valence-electron chi connectivity index (χ3n) is 2.97. The molecule has 2 aromatic rings. The normalized spacial score (nSPS) is 21.4. The number of thiazole rings is 1. The lowest BCUT2D eigenvalue weighted by atomic mass is 10.1. The quantitative estimate of drug-likeness (QED) is 0.836. The largest absolute Gasteiger partial charge is 0.308 e. The summed E-state index contributed by atoms with van der Waals surface area (Å²) in [5.74, 6) is 0. The molecule has 1 aliphatic heterocycles. The molecule has 1 N–H and O–H groups in total. The first kappa shape index (κ1) is 10.5. The lowest BCUT2D eigenvalue weighted by Gasteiger charge is -2.20. The van der Waals surface area contributed by atoms with Crippen LogP contribution in [0, 0.1) is 0 Å². The van der Waals surface area contributed by atoms with E-state index in [0.29, 0.717) is 6.04 Å². The topological polar surface area (TPSA) is 24.9 Å². The zero-order valence-corrected chi connectivity index (χ0v) is 10.4. The molecule has 4 heteroatoms. The van der Waals surface area contributed by atoms with Crippen LogP contribution in [0.3, 0.4) is 0 Å². The van der Waals surface area contributed by atoms with Gasteiger partial charge in [0.25, 0.3) is 0 Å². The molecular weight excluding hydrogens is 240 g/mol. The van der Waals surface area contributed by atoms with Crippen molar-refractivity contribution in [1.82, 2.24) is 10.3 Å². The fraction of sp³-hybridized carbons (Fsp3) is 0.417. The fourth-order valence-corrected chi connectivity index (χ4v) is 3.35. The van der Waals surface area contributed by atoms with E-state index in [1.807, 2.05) is 12.1 Å². The highest BCUT2D eigenvalue weighted by Crippen LogP contribution is 2.31. The van der Waals surface area contributed by atoms with E-state index in [2.05, 4.69) is 16.4 Å². The van der Waals surface area contributed by atoms with Crippen LogP contribution < -0.4 is 5.32 Å². The molecule has 1 atom stereocenters. The summed E-state index contributed by atoms with van der Waals surface area (Å²) < 4.78 is 1.23. The number of nitrogens with one attached hydrogen (secondary N) is 1. The van der Waals surface area contributed by atoms with Crippen LogP contribution in [-0.4, -0.2) is 11.5 Å². The number of piperidine rings is 1. The van der Waals surface area contributed by atoms with E-state index in [1.165, 1.54) is 29.0 Å². The van der Waals surface area contributed by atoms with Gasteiger partial charge in [-0.1, -0.05) is 18.0 Å². The summed E-state index contributed by atoms with van der Waals surface area (Å²) in [5, 5.41) is 5.50.